The molecule has 1 aromatic carbocycles. The van der Waals surface area contributed by atoms with Crippen molar-refractivity contribution in [3.63, 3.8) is 0 Å². The molecule has 0 atom stereocenters. The van der Waals surface area contributed by atoms with Crippen molar-refractivity contribution in [3.8, 4) is 28.0 Å². The van der Waals surface area contributed by atoms with Crippen LogP contribution in [0.4, 0.5) is 24.9 Å². The molecule has 3 N–H and O–H groups in total. The van der Waals surface area contributed by atoms with Gasteiger partial charge in [0.05, 0.1) is 31.3 Å². The van der Waals surface area contributed by atoms with E-state index in [9.17, 15) is 13.2 Å². The molecule has 2 aromatic heterocycles. The number of alkyl halides is 3. The van der Waals surface area contributed by atoms with Crippen molar-refractivity contribution in [1.82, 2.24) is 20.2 Å². The van der Waals surface area contributed by atoms with Gasteiger partial charge in [-0.3, -0.25) is 0 Å². The maximum Gasteiger partial charge on any atom is 0.411 e. The van der Waals surface area contributed by atoms with Gasteiger partial charge in [0.25, 0.3) is 0 Å². The molecule has 164 valence electrons. The first kappa shape index (κ1) is 22.2. The molecule has 11 heteroatoms. The lowest BCUT2D eigenvalue weighted by molar-refractivity contribution is -0.176. The van der Waals surface area contributed by atoms with Gasteiger partial charge in [0.15, 0.2) is 0 Å². The summed E-state index contributed by atoms with van der Waals surface area (Å²) in [6.07, 6.45) is -2.84. The van der Waals surface area contributed by atoms with E-state index in [1.807, 2.05) is 13.0 Å². The maximum absolute atomic E-state index is 12.5. The maximum atomic E-state index is 12.5. The highest BCUT2D eigenvalue weighted by Gasteiger charge is 2.28. The number of hydrogen-bond donors (Lipinski definition) is 2. The quantitative estimate of drug-likeness (QED) is 0.581. The second-order valence-corrected chi connectivity index (χ2v) is 6.61. The largest absolute Gasteiger partial charge is 0.496 e. The Morgan fingerprint density at radius 3 is 2.55 bits per heavy atom. The lowest BCUT2D eigenvalue weighted by Crippen LogP contribution is -2.17. The topological polar surface area (TPSA) is 108 Å². The zero-order valence-electron chi connectivity index (χ0n) is 17.1. The molecule has 0 saturated carbocycles. The van der Waals surface area contributed by atoms with Crippen molar-refractivity contribution in [2.45, 2.75) is 19.7 Å². The number of ether oxygens (including phenoxy) is 2. The molecule has 0 unspecified atom stereocenters. The number of nitrogens with two attached hydrogens (primary N) is 1. The van der Waals surface area contributed by atoms with E-state index in [0.717, 1.165) is 16.8 Å². The summed E-state index contributed by atoms with van der Waals surface area (Å²) in [5, 5.41) is 10.6. The Balaban J connectivity index is 2.04. The second-order valence-electron chi connectivity index (χ2n) is 6.61. The molecule has 2 heterocycles. The third kappa shape index (κ3) is 5.37. The van der Waals surface area contributed by atoms with E-state index >= 15 is 0 Å². The standard InChI is InChI=1S/C20H21F3N6O2/c1-11-6-13(8-26-29-11)14-5-4-12(7-16(14)30-3)17-15(9-31-10-20(21,22)23)27-19(25-2)28-18(17)24/h4-8H,9-10H2,1-3H3,(H3,24,25,27,28). The fourth-order valence-corrected chi connectivity index (χ4v) is 3.03. The lowest BCUT2D eigenvalue weighted by atomic mass is 9.99. The molecule has 0 fully saturated rings. The molecule has 3 rings (SSSR count). The lowest BCUT2D eigenvalue weighted by Gasteiger charge is -2.16. The summed E-state index contributed by atoms with van der Waals surface area (Å²) in [4.78, 5) is 8.39. The van der Waals surface area contributed by atoms with Gasteiger partial charge in [0.2, 0.25) is 5.95 Å². The summed E-state index contributed by atoms with van der Waals surface area (Å²) in [7, 11) is 3.10. The molecule has 0 saturated heterocycles. The van der Waals surface area contributed by atoms with Gasteiger partial charge >= 0.3 is 6.18 Å². The predicted octanol–water partition coefficient (Wildman–Crippen LogP) is 3.62. The summed E-state index contributed by atoms with van der Waals surface area (Å²) in [6, 6.07) is 7.14. The highest BCUT2D eigenvalue weighted by molar-refractivity contribution is 5.81. The first-order valence-corrected chi connectivity index (χ1v) is 9.18. The van der Waals surface area contributed by atoms with Crippen LogP contribution in [0.2, 0.25) is 0 Å². The highest BCUT2D eigenvalue weighted by Crippen LogP contribution is 2.37. The fraction of sp³-hybridized carbons (Fsp3) is 0.300. The van der Waals surface area contributed by atoms with E-state index in [0.29, 0.717) is 16.9 Å². The van der Waals surface area contributed by atoms with Gasteiger partial charge in [-0.15, -0.1) is 0 Å². The van der Waals surface area contributed by atoms with Gasteiger partial charge in [0.1, 0.15) is 18.2 Å². The number of rotatable bonds is 7. The van der Waals surface area contributed by atoms with Gasteiger partial charge in [0, 0.05) is 23.7 Å². The molecular weight excluding hydrogens is 413 g/mol. The molecule has 0 radical (unpaired) electrons. The molecule has 0 bridgehead atoms. The Labute approximate surface area is 176 Å². The molecule has 0 aliphatic carbocycles. The number of benzene rings is 1. The van der Waals surface area contributed by atoms with E-state index in [4.69, 9.17) is 15.2 Å². The fourth-order valence-electron chi connectivity index (χ4n) is 3.03. The monoisotopic (exact) mass is 434 g/mol. The van der Waals surface area contributed by atoms with Gasteiger partial charge in [-0.2, -0.15) is 28.4 Å². The first-order valence-electron chi connectivity index (χ1n) is 9.18. The summed E-state index contributed by atoms with van der Waals surface area (Å²) in [6.45, 7) is 0.0294. The van der Waals surface area contributed by atoms with Gasteiger partial charge < -0.3 is 20.5 Å². The Bertz CT molecular complexity index is 1080. The van der Waals surface area contributed by atoms with Crippen LogP contribution < -0.4 is 15.8 Å². The van der Waals surface area contributed by atoms with Gasteiger partial charge in [-0.05, 0) is 30.7 Å². The number of methoxy groups -OCH3 is 1. The van der Waals surface area contributed by atoms with Crippen LogP contribution in [0.5, 0.6) is 5.75 Å². The second kappa shape index (κ2) is 9.13. The van der Waals surface area contributed by atoms with Crippen molar-refractivity contribution in [1.29, 1.82) is 0 Å². The Morgan fingerprint density at radius 1 is 1.13 bits per heavy atom. The van der Waals surface area contributed by atoms with Gasteiger partial charge in [-0.1, -0.05) is 6.07 Å². The summed E-state index contributed by atoms with van der Waals surface area (Å²) >= 11 is 0. The zero-order valence-corrected chi connectivity index (χ0v) is 17.1. The minimum atomic E-state index is -4.45. The van der Waals surface area contributed by atoms with Crippen molar-refractivity contribution >= 4 is 11.8 Å². The SMILES string of the molecule is CNc1nc(N)c(-c2ccc(-c3cnnc(C)c3)c(OC)c2)c(COCC(F)(F)F)n1. The number of anilines is 2. The Hall–Kier alpha value is -3.47. The molecule has 3 aromatic rings. The van der Waals surface area contributed by atoms with E-state index in [1.165, 1.54) is 7.11 Å². The van der Waals surface area contributed by atoms with Crippen LogP contribution >= 0.6 is 0 Å². The normalized spacial score (nSPS) is 11.4. The smallest absolute Gasteiger partial charge is 0.411 e. The van der Waals surface area contributed by atoms with Crippen LogP contribution in [0, 0.1) is 6.92 Å². The summed E-state index contributed by atoms with van der Waals surface area (Å²) in [5.41, 5.74) is 9.60. The van der Waals surface area contributed by atoms with Crippen LogP contribution in [0.15, 0.2) is 30.5 Å². The molecule has 0 aliphatic heterocycles. The van der Waals surface area contributed by atoms with Crippen molar-refractivity contribution in [3.05, 3.63) is 41.9 Å². The van der Waals surface area contributed by atoms with Gasteiger partial charge in [-0.25, -0.2) is 4.98 Å². The van der Waals surface area contributed by atoms with Crippen LogP contribution in [0.1, 0.15) is 11.4 Å². The van der Waals surface area contributed by atoms with E-state index < -0.39 is 19.4 Å². The van der Waals surface area contributed by atoms with Crippen LogP contribution in [-0.4, -0.2) is 47.1 Å². The number of nitrogens with one attached hydrogen (secondary N) is 1. The minimum absolute atomic E-state index is 0.0983. The van der Waals surface area contributed by atoms with Crippen molar-refractivity contribution in [2.24, 2.45) is 0 Å². The van der Waals surface area contributed by atoms with Crippen LogP contribution in [-0.2, 0) is 11.3 Å². The number of halogens is 3. The molecule has 0 aliphatic rings. The van der Waals surface area contributed by atoms with Crippen LogP contribution in [0.3, 0.4) is 0 Å². The molecular formula is C20H21F3N6O2. The number of hydrogen-bond acceptors (Lipinski definition) is 8. The molecule has 31 heavy (non-hydrogen) atoms. The minimum Gasteiger partial charge on any atom is -0.496 e. The predicted molar refractivity (Wildman–Crippen MR) is 109 cm³/mol. The van der Waals surface area contributed by atoms with Crippen molar-refractivity contribution < 1.29 is 22.6 Å². The number of nitrogens with zero attached hydrogens (tertiary/aromatic N) is 4. The molecule has 8 nitrogen and oxygen atoms in total. The zero-order chi connectivity index (χ0) is 22.6. The number of aromatic nitrogens is 4. The van der Waals surface area contributed by atoms with E-state index in [1.54, 1.807) is 31.4 Å². The van der Waals surface area contributed by atoms with E-state index in [-0.39, 0.29) is 17.5 Å². The third-order valence-electron chi connectivity index (χ3n) is 4.32. The Morgan fingerprint density at radius 2 is 1.90 bits per heavy atom. The summed E-state index contributed by atoms with van der Waals surface area (Å²) < 4.78 is 47.9. The average molecular weight is 434 g/mol. The molecule has 0 amide bonds. The third-order valence-corrected chi connectivity index (χ3v) is 4.32. The Kier molecular flexibility index (Phi) is 6.54. The average Bonchev–Trinajstić information content (AvgIpc) is 2.72. The number of aryl methyl sites for hydroxylation is 1. The van der Waals surface area contributed by atoms with Crippen molar-refractivity contribution in [2.75, 3.05) is 31.8 Å². The number of nitrogen functional groups attached to an aromatic ring is 1. The summed E-state index contributed by atoms with van der Waals surface area (Å²) in [5.74, 6) is 0.791. The van der Waals surface area contributed by atoms with Crippen LogP contribution in [0.25, 0.3) is 22.3 Å². The molecule has 0 spiro atoms. The first-order chi connectivity index (χ1) is 14.7. The van der Waals surface area contributed by atoms with E-state index in [2.05, 4.69) is 25.5 Å². The highest BCUT2D eigenvalue weighted by atomic mass is 19.4.